The molecule has 0 aliphatic rings. The molecule has 0 saturated heterocycles. The first-order valence-corrected chi connectivity index (χ1v) is 5.18. The van der Waals surface area contributed by atoms with Crippen LogP contribution in [-0.4, -0.2) is 40.6 Å². The highest BCUT2D eigenvalue weighted by atomic mass is 16.4. The average molecular weight is 237 g/mol. The highest BCUT2D eigenvalue weighted by Gasteiger charge is 2.13. The molecule has 0 fully saturated rings. The van der Waals surface area contributed by atoms with E-state index in [1.54, 1.807) is 20.0 Å². The highest BCUT2D eigenvalue weighted by molar-refractivity contribution is 5.94. The van der Waals surface area contributed by atoms with Crippen molar-refractivity contribution in [2.24, 2.45) is 0 Å². The molecular weight excluding hydrogens is 222 g/mol. The van der Waals surface area contributed by atoms with Gasteiger partial charge in [-0.2, -0.15) is 0 Å². The second-order valence-electron chi connectivity index (χ2n) is 3.87. The van der Waals surface area contributed by atoms with E-state index in [1.165, 1.54) is 17.0 Å². The number of phenolic OH excluding ortho intramolecular Hbond substituents is 1. The number of carboxylic acids is 1. The Morgan fingerprint density at radius 3 is 2.53 bits per heavy atom. The Morgan fingerprint density at radius 2 is 2.00 bits per heavy atom. The van der Waals surface area contributed by atoms with Crippen LogP contribution >= 0.6 is 0 Å². The Kier molecular flexibility index (Phi) is 4.09. The van der Waals surface area contributed by atoms with Gasteiger partial charge in [-0.05, 0) is 30.7 Å². The number of aryl methyl sites for hydroxylation is 1. The van der Waals surface area contributed by atoms with Crippen LogP contribution in [0.15, 0.2) is 18.2 Å². The molecule has 2 N–H and O–H groups in total. The molecule has 0 aromatic heterocycles. The molecule has 5 nitrogen and oxygen atoms in total. The number of aromatic hydroxyl groups is 1. The van der Waals surface area contributed by atoms with E-state index in [0.717, 1.165) is 0 Å². The fourth-order valence-corrected chi connectivity index (χ4v) is 1.37. The number of benzene rings is 1. The summed E-state index contributed by atoms with van der Waals surface area (Å²) in [4.78, 5) is 23.6. The van der Waals surface area contributed by atoms with E-state index in [2.05, 4.69) is 0 Å². The van der Waals surface area contributed by atoms with Crippen molar-refractivity contribution in [1.82, 2.24) is 4.90 Å². The molecule has 0 aliphatic heterocycles. The summed E-state index contributed by atoms with van der Waals surface area (Å²) < 4.78 is 0. The predicted molar refractivity (Wildman–Crippen MR) is 62.1 cm³/mol. The van der Waals surface area contributed by atoms with E-state index in [0.29, 0.717) is 11.1 Å². The number of carbonyl (C=O) groups is 2. The Labute approximate surface area is 99.3 Å². The maximum atomic E-state index is 11.9. The number of hydrogen-bond donors (Lipinski definition) is 2. The maximum Gasteiger partial charge on any atom is 0.305 e. The maximum absolute atomic E-state index is 11.9. The molecule has 0 bridgehead atoms. The second-order valence-corrected chi connectivity index (χ2v) is 3.87. The quantitative estimate of drug-likeness (QED) is 0.826. The van der Waals surface area contributed by atoms with Crippen molar-refractivity contribution < 1.29 is 19.8 Å². The van der Waals surface area contributed by atoms with Crippen LogP contribution in [0, 0.1) is 6.92 Å². The molecule has 1 aromatic rings. The third-order valence-electron chi connectivity index (χ3n) is 2.45. The van der Waals surface area contributed by atoms with E-state index >= 15 is 0 Å². The van der Waals surface area contributed by atoms with E-state index in [1.807, 2.05) is 0 Å². The Bertz CT molecular complexity index is 442. The number of amides is 1. The van der Waals surface area contributed by atoms with Gasteiger partial charge in [0.2, 0.25) is 0 Å². The van der Waals surface area contributed by atoms with Crippen LogP contribution in [0.5, 0.6) is 5.75 Å². The van der Waals surface area contributed by atoms with Crippen LogP contribution in [-0.2, 0) is 4.79 Å². The molecule has 0 heterocycles. The molecule has 0 spiro atoms. The van der Waals surface area contributed by atoms with Crippen molar-refractivity contribution in [3.63, 3.8) is 0 Å². The van der Waals surface area contributed by atoms with Gasteiger partial charge in [-0.3, -0.25) is 9.59 Å². The molecule has 1 rings (SSSR count). The summed E-state index contributed by atoms with van der Waals surface area (Å²) in [5, 5.41) is 17.9. The monoisotopic (exact) mass is 237 g/mol. The molecule has 1 aromatic carbocycles. The lowest BCUT2D eigenvalue weighted by Gasteiger charge is -2.16. The Morgan fingerprint density at radius 1 is 1.35 bits per heavy atom. The molecular formula is C12H15NO4. The first-order valence-electron chi connectivity index (χ1n) is 5.18. The molecule has 92 valence electrons. The van der Waals surface area contributed by atoms with Gasteiger partial charge in [0, 0.05) is 19.2 Å². The summed E-state index contributed by atoms with van der Waals surface area (Å²) in [6, 6.07) is 4.55. The summed E-state index contributed by atoms with van der Waals surface area (Å²) in [7, 11) is 1.55. The smallest absolute Gasteiger partial charge is 0.305 e. The summed E-state index contributed by atoms with van der Waals surface area (Å²) >= 11 is 0. The number of aliphatic carboxylic acids is 1. The third-order valence-corrected chi connectivity index (χ3v) is 2.45. The van der Waals surface area contributed by atoms with Crippen molar-refractivity contribution in [3.05, 3.63) is 29.3 Å². The molecule has 0 unspecified atom stereocenters. The summed E-state index contributed by atoms with van der Waals surface area (Å²) in [5.41, 5.74) is 1.05. The van der Waals surface area contributed by atoms with Crippen molar-refractivity contribution in [2.45, 2.75) is 13.3 Å². The van der Waals surface area contributed by atoms with Gasteiger partial charge in [-0.15, -0.1) is 0 Å². The van der Waals surface area contributed by atoms with Crippen LogP contribution in [0.1, 0.15) is 22.3 Å². The zero-order chi connectivity index (χ0) is 13.0. The predicted octanol–water partition coefficient (Wildman–Crippen LogP) is 1.25. The standard InChI is InChI=1S/C12H15NO4/c1-8-7-9(3-4-10(8)14)12(17)13(2)6-5-11(15)16/h3-4,7,14H,5-6H2,1-2H3,(H,15,16). The van der Waals surface area contributed by atoms with Crippen LogP contribution in [0.2, 0.25) is 0 Å². The van der Waals surface area contributed by atoms with Crippen molar-refractivity contribution >= 4 is 11.9 Å². The van der Waals surface area contributed by atoms with Gasteiger partial charge in [-0.1, -0.05) is 0 Å². The van der Waals surface area contributed by atoms with E-state index in [4.69, 9.17) is 5.11 Å². The highest BCUT2D eigenvalue weighted by Crippen LogP contribution is 2.17. The van der Waals surface area contributed by atoms with Gasteiger partial charge < -0.3 is 15.1 Å². The fourth-order valence-electron chi connectivity index (χ4n) is 1.37. The molecule has 17 heavy (non-hydrogen) atoms. The van der Waals surface area contributed by atoms with Crippen molar-refractivity contribution in [2.75, 3.05) is 13.6 Å². The van der Waals surface area contributed by atoms with Crippen molar-refractivity contribution in [3.8, 4) is 5.75 Å². The number of carboxylic acid groups (broad SMARTS) is 1. The van der Waals surface area contributed by atoms with E-state index in [-0.39, 0.29) is 24.6 Å². The number of carbonyl (C=O) groups excluding carboxylic acids is 1. The van der Waals surface area contributed by atoms with Gasteiger partial charge in [0.05, 0.1) is 6.42 Å². The minimum Gasteiger partial charge on any atom is -0.508 e. The second kappa shape index (κ2) is 5.34. The lowest BCUT2D eigenvalue weighted by molar-refractivity contribution is -0.137. The largest absolute Gasteiger partial charge is 0.508 e. The van der Waals surface area contributed by atoms with Gasteiger partial charge in [0.25, 0.3) is 5.91 Å². The number of hydrogen-bond acceptors (Lipinski definition) is 3. The van der Waals surface area contributed by atoms with E-state index < -0.39 is 5.97 Å². The number of rotatable bonds is 4. The molecule has 5 heteroatoms. The molecule has 0 aliphatic carbocycles. The van der Waals surface area contributed by atoms with Gasteiger partial charge in [0.1, 0.15) is 5.75 Å². The number of phenols is 1. The first kappa shape index (κ1) is 13.0. The Hall–Kier alpha value is -2.04. The number of nitrogens with zero attached hydrogens (tertiary/aromatic N) is 1. The van der Waals surface area contributed by atoms with Gasteiger partial charge >= 0.3 is 5.97 Å². The zero-order valence-corrected chi connectivity index (χ0v) is 9.80. The fraction of sp³-hybridized carbons (Fsp3) is 0.333. The first-order chi connectivity index (χ1) is 7.91. The van der Waals surface area contributed by atoms with Crippen LogP contribution in [0.4, 0.5) is 0 Å². The van der Waals surface area contributed by atoms with Crippen LogP contribution in [0.25, 0.3) is 0 Å². The SMILES string of the molecule is Cc1cc(C(=O)N(C)CCC(=O)O)ccc1O. The Balaban J connectivity index is 2.74. The summed E-state index contributed by atoms with van der Waals surface area (Å²) in [6.07, 6.45) is -0.0840. The summed E-state index contributed by atoms with van der Waals surface area (Å²) in [5.74, 6) is -1.06. The minimum absolute atomic E-state index is 0.0840. The minimum atomic E-state index is -0.938. The molecule has 1 amide bonds. The molecule has 0 saturated carbocycles. The third kappa shape index (κ3) is 3.48. The van der Waals surface area contributed by atoms with E-state index in [9.17, 15) is 14.7 Å². The molecule has 0 radical (unpaired) electrons. The average Bonchev–Trinajstić information content (AvgIpc) is 2.28. The zero-order valence-electron chi connectivity index (χ0n) is 9.80. The van der Waals surface area contributed by atoms with Crippen LogP contribution in [0.3, 0.4) is 0 Å². The lowest BCUT2D eigenvalue weighted by atomic mass is 10.1. The summed E-state index contributed by atoms with van der Waals surface area (Å²) in [6.45, 7) is 1.86. The van der Waals surface area contributed by atoms with Crippen molar-refractivity contribution in [1.29, 1.82) is 0 Å². The topological polar surface area (TPSA) is 77.8 Å². The van der Waals surface area contributed by atoms with Gasteiger partial charge in [-0.25, -0.2) is 0 Å². The van der Waals surface area contributed by atoms with Crippen LogP contribution < -0.4 is 0 Å². The lowest BCUT2D eigenvalue weighted by Crippen LogP contribution is -2.29. The van der Waals surface area contributed by atoms with Gasteiger partial charge in [0.15, 0.2) is 0 Å². The molecule has 0 atom stereocenters. The normalized spacial score (nSPS) is 10.0.